The van der Waals surface area contributed by atoms with Crippen LogP contribution in [0.1, 0.15) is 62.4 Å². The van der Waals surface area contributed by atoms with Crippen LogP contribution in [0.15, 0.2) is 78.9 Å². The molecule has 0 bridgehead atoms. The number of carbonyl (C=O) groups is 3. The number of nitrogens with zero attached hydrogens (tertiary/aromatic N) is 1. The highest BCUT2D eigenvalue weighted by Gasteiger charge is 2.36. The normalized spacial score (nSPS) is 12.6. The first-order valence-corrected chi connectivity index (χ1v) is 13.9. The summed E-state index contributed by atoms with van der Waals surface area (Å²) < 4.78 is 5.47. The second-order valence-corrected chi connectivity index (χ2v) is 11.1. The minimum atomic E-state index is -1.02. The van der Waals surface area contributed by atoms with Crippen LogP contribution in [0.5, 0.6) is 5.75 Å². The quantitative estimate of drug-likeness (QED) is 0.290. The molecule has 3 amide bonds. The van der Waals surface area contributed by atoms with E-state index in [-0.39, 0.29) is 18.1 Å². The van der Waals surface area contributed by atoms with Crippen molar-refractivity contribution in [2.75, 3.05) is 6.54 Å². The van der Waals surface area contributed by atoms with Gasteiger partial charge in [-0.25, -0.2) is 4.79 Å². The minimum Gasteiger partial charge on any atom is -0.508 e. The molecular formula is C33H41N3O5. The zero-order chi connectivity index (χ0) is 30.0. The molecule has 0 aromatic heterocycles. The van der Waals surface area contributed by atoms with Gasteiger partial charge in [0.1, 0.15) is 23.4 Å². The summed E-state index contributed by atoms with van der Waals surface area (Å²) in [7, 11) is 0. The minimum absolute atomic E-state index is 0.0963. The highest BCUT2D eigenvalue weighted by Crippen LogP contribution is 2.27. The van der Waals surface area contributed by atoms with E-state index in [1.807, 2.05) is 68.4 Å². The number of nitrogens with one attached hydrogen (secondary N) is 2. The zero-order valence-electron chi connectivity index (χ0n) is 24.5. The van der Waals surface area contributed by atoms with Crippen LogP contribution in [-0.4, -0.2) is 46.1 Å². The van der Waals surface area contributed by atoms with Crippen molar-refractivity contribution in [3.8, 4) is 5.75 Å². The Hall–Kier alpha value is -4.33. The SMILES string of the molecule is CCCN(C(=O)C(Cc1ccc(O)cc1)NC(=O)OC(C)(C)C)C(C(=O)NCc1ccccc1)c1ccccc1C. The predicted molar refractivity (Wildman–Crippen MR) is 159 cm³/mol. The maximum Gasteiger partial charge on any atom is 0.408 e. The van der Waals surface area contributed by atoms with Gasteiger partial charge in [-0.15, -0.1) is 0 Å². The lowest BCUT2D eigenvalue weighted by Crippen LogP contribution is -2.54. The number of benzene rings is 3. The molecule has 218 valence electrons. The summed E-state index contributed by atoms with van der Waals surface area (Å²) in [5.41, 5.74) is 2.49. The number of alkyl carbamates (subject to hydrolysis) is 1. The lowest BCUT2D eigenvalue weighted by molar-refractivity contribution is -0.142. The van der Waals surface area contributed by atoms with E-state index >= 15 is 0 Å². The molecule has 0 spiro atoms. The monoisotopic (exact) mass is 559 g/mol. The molecule has 0 aliphatic heterocycles. The van der Waals surface area contributed by atoms with E-state index in [0.29, 0.717) is 25.1 Å². The zero-order valence-corrected chi connectivity index (χ0v) is 24.5. The van der Waals surface area contributed by atoms with Gasteiger partial charge in [0.15, 0.2) is 0 Å². The van der Waals surface area contributed by atoms with Gasteiger partial charge in [0.2, 0.25) is 11.8 Å². The van der Waals surface area contributed by atoms with E-state index in [4.69, 9.17) is 4.74 Å². The largest absolute Gasteiger partial charge is 0.508 e. The summed E-state index contributed by atoms with van der Waals surface area (Å²) in [5, 5.41) is 15.5. The topological polar surface area (TPSA) is 108 Å². The van der Waals surface area contributed by atoms with Gasteiger partial charge in [-0.2, -0.15) is 0 Å². The lowest BCUT2D eigenvalue weighted by Gasteiger charge is -2.35. The highest BCUT2D eigenvalue weighted by molar-refractivity contribution is 5.92. The number of aryl methyl sites for hydroxylation is 1. The average molecular weight is 560 g/mol. The number of hydrogen-bond acceptors (Lipinski definition) is 5. The second-order valence-electron chi connectivity index (χ2n) is 11.1. The van der Waals surface area contributed by atoms with E-state index in [0.717, 1.165) is 16.7 Å². The number of phenolic OH excluding ortho intramolecular Hbond substituents is 1. The summed E-state index contributed by atoms with van der Waals surface area (Å²) in [5.74, 6) is -0.626. The first kappa shape index (κ1) is 31.2. The Morgan fingerprint density at radius 3 is 2.15 bits per heavy atom. The molecule has 3 N–H and O–H groups in total. The van der Waals surface area contributed by atoms with Crippen LogP contribution in [0.25, 0.3) is 0 Å². The fourth-order valence-corrected chi connectivity index (χ4v) is 4.55. The average Bonchev–Trinajstić information content (AvgIpc) is 2.92. The van der Waals surface area contributed by atoms with Crippen LogP contribution < -0.4 is 10.6 Å². The van der Waals surface area contributed by atoms with Crippen molar-refractivity contribution < 1.29 is 24.2 Å². The van der Waals surface area contributed by atoms with Crippen molar-refractivity contribution >= 4 is 17.9 Å². The number of aromatic hydroxyl groups is 1. The van der Waals surface area contributed by atoms with Crippen molar-refractivity contribution in [2.45, 2.75) is 71.7 Å². The number of amides is 3. The molecule has 8 nitrogen and oxygen atoms in total. The Morgan fingerprint density at radius 2 is 1.54 bits per heavy atom. The summed E-state index contributed by atoms with van der Waals surface area (Å²) in [6.45, 7) is 9.69. The third-order valence-electron chi connectivity index (χ3n) is 6.47. The van der Waals surface area contributed by atoms with E-state index in [1.165, 1.54) is 12.1 Å². The third kappa shape index (κ3) is 9.38. The molecular weight excluding hydrogens is 518 g/mol. The van der Waals surface area contributed by atoms with Gasteiger partial charge in [0.25, 0.3) is 0 Å². The molecule has 41 heavy (non-hydrogen) atoms. The standard InChI is InChI=1S/C33H41N3O5/c1-6-20-36(29(27-15-11-10-12-23(27)2)30(38)34-22-25-13-8-7-9-14-25)31(39)28(35-32(40)41-33(3,4)5)21-24-16-18-26(37)19-17-24/h7-19,28-29,37H,6,20-22H2,1-5H3,(H,34,38)(H,35,40). The Kier molecular flexibility index (Phi) is 10.9. The maximum absolute atomic E-state index is 14.3. The Labute approximate surface area is 242 Å². The molecule has 0 aliphatic rings. The van der Waals surface area contributed by atoms with Gasteiger partial charge in [-0.1, -0.05) is 73.7 Å². The van der Waals surface area contributed by atoms with Crippen molar-refractivity contribution in [3.63, 3.8) is 0 Å². The van der Waals surface area contributed by atoms with Crippen LogP contribution in [0, 0.1) is 6.92 Å². The summed E-state index contributed by atoms with van der Waals surface area (Å²) in [4.78, 5) is 42.6. The number of carbonyl (C=O) groups excluding carboxylic acids is 3. The number of hydrogen-bond donors (Lipinski definition) is 3. The van der Waals surface area contributed by atoms with E-state index in [9.17, 15) is 19.5 Å². The van der Waals surface area contributed by atoms with Crippen LogP contribution >= 0.6 is 0 Å². The smallest absolute Gasteiger partial charge is 0.408 e. The molecule has 0 radical (unpaired) electrons. The lowest BCUT2D eigenvalue weighted by atomic mass is 9.96. The van der Waals surface area contributed by atoms with E-state index < -0.39 is 29.7 Å². The van der Waals surface area contributed by atoms with Gasteiger partial charge in [0, 0.05) is 19.5 Å². The van der Waals surface area contributed by atoms with Crippen LogP contribution in [0.4, 0.5) is 4.79 Å². The van der Waals surface area contributed by atoms with Gasteiger partial charge < -0.3 is 25.4 Å². The molecule has 3 aromatic carbocycles. The first-order chi connectivity index (χ1) is 19.5. The van der Waals surface area contributed by atoms with E-state index in [2.05, 4.69) is 10.6 Å². The van der Waals surface area contributed by atoms with Crippen LogP contribution in [0.2, 0.25) is 0 Å². The third-order valence-corrected chi connectivity index (χ3v) is 6.47. The van der Waals surface area contributed by atoms with Gasteiger partial charge in [-0.05, 0) is 68.5 Å². The van der Waals surface area contributed by atoms with Crippen molar-refractivity contribution in [3.05, 3.63) is 101 Å². The van der Waals surface area contributed by atoms with Gasteiger partial charge >= 0.3 is 6.09 Å². The van der Waals surface area contributed by atoms with Crippen molar-refractivity contribution in [1.82, 2.24) is 15.5 Å². The fourth-order valence-electron chi connectivity index (χ4n) is 4.55. The van der Waals surface area contributed by atoms with E-state index in [1.54, 1.807) is 37.8 Å². The second kappa shape index (κ2) is 14.3. The fraction of sp³-hybridized carbons (Fsp3) is 0.364. The van der Waals surface area contributed by atoms with Crippen LogP contribution in [-0.2, 0) is 27.3 Å². The van der Waals surface area contributed by atoms with Crippen molar-refractivity contribution in [1.29, 1.82) is 0 Å². The molecule has 3 rings (SSSR count). The molecule has 0 fully saturated rings. The maximum atomic E-state index is 14.3. The Morgan fingerprint density at radius 1 is 0.902 bits per heavy atom. The molecule has 8 heteroatoms. The van der Waals surface area contributed by atoms with Crippen LogP contribution in [0.3, 0.4) is 0 Å². The Balaban J connectivity index is 1.99. The van der Waals surface area contributed by atoms with Gasteiger partial charge in [-0.3, -0.25) is 9.59 Å². The number of rotatable bonds is 11. The predicted octanol–water partition coefficient (Wildman–Crippen LogP) is 5.43. The van der Waals surface area contributed by atoms with Crippen molar-refractivity contribution in [2.24, 2.45) is 0 Å². The molecule has 2 atom stereocenters. The first-order valence-electron chi connectivity index (χ1n) is 13.9. The molecule has 0 heterocycles. The van der Waals surface area contributed by atoms with Gasteiger partial charge in [0.05, 0.1) is 0 Å². The molecule has 0 aliphatic carbocycles. The Bertz CT molecular complexity index is 1300. The number of ether oxygens (including phenoxy) is 1. The summed E-state index contributed by atoms with van der Waals surface area (Å²) in [6.07, 6.45) is 0.00965. The molecule has 0 saturated heterocycles. The summed E-state index contributed by atoms with van der Waals surface area (Å²) >= 11 is 0. The number of phenols is 1. The highest BCUT2D eigenvalue weighted by atomic mass is 16.6. The summed E-state index contributed by atoms with van der Waals surface area (Å²) in [6, 6.07) is 21.6. The molecule has 0 saturated carbocycles. The molecule has 2 unspecified atom stereocenters. The molecule has 3 aromatic rings.